The summed E-state index contributed by atoms with van der Waals surface area (Å²) in [5, 5.41) is 3.99. The van der Waals surface area contributed by atoms with Crippen molar-refractivity contribution in [2.45, 2.75) is 13.8 Å². The Bertz CT molecular complexity index is 976. The van der Waals surface area contributed by atoms with Crippen LogP contribution in [-0.2, 0) is 4.79 Å². The topological polar surface area (TPSA) is 54.5 Å². The molecule has 0 unspecified atom stereocenters. The highest BCUT2D eigenvalue weighted by Crippen LogP contribution is 2.34. The molecule has 6 heteroatoms. The molecule has 0 saturated carbocycles. The standard InChI is InChI=1S/C20H21N3O2S/c1-12-4-5-15(8-13(12)2)21-19(24)14-10-23(11-14)20-22-17-9-16(25-3)6-7-18(17)26-20/h4-9,14H,10-11H2,1-3H3,(H,21,24). The lowest BCUT2D eigenvalue weighted by Crippen LogP contribution is -2.52. The van der Waals surface area contributed by atoms with Crippen LogP contribution < -0.4 is 15.0 Å². The second kappa shape index (κ2) is 6.61. The van der Waals surface area contributed by atoms with Gasteiger partial charge in [-0.15, -0.1) is 0 Å². The summed E-state index contributed by atoms with van der Waals surface area (Å²) >= 11 is 1.65. The van der Waals surface area contributed by atoms with Crippen LogP contribution in [0.1, 0.15) is 11.1 Å². The quantitative estimate of drug-likeness (QED) is 0.757. The molecule has 1 saturated heterocycles. The number of nitrogens with zero attached hydrogens (tertiary/aromatic N) is 2. The number of hydrogen-bond donors (Lipinski definition) is 1. The number of methoxy groups -OCH3 is 1. The summed E-state index contributed by atoms with van der Waals surface area (Å²) in [6, 6.07) is 11.9. The van der Waals surface area contributed by atoms with Crippen LogP contribution in [0.4, 0.5) is 10.8 Å². The fraction of sp³-hybridized carbons (Fsp3) is 0.300. The van der Waals surface area contributed by atoms with E-state index in [9.17, 15) is 4.79 Å². The predicted molar refractivity (Wildman–Crippen MR) is 106 cm³/mol. The van der Waals surface area contributed by atoms with Crippen molar-refractivity contribution in [2.24, 2.45) is 5.92 Å². The minimum absolute atomic E-state index is 0.00171. The Morgan fingerprint density at radius 1 is 1.19 bits per heavy atom. The van der Waals surface area contributed by atoms with E-state index < -0.39 is 0 Å². The SMILES string of the molecule is COc1ccc2sc(N3CC(C(=O)Nc4ccc(C)c(C)c4)C3)nc2c1. The Balaban J connectivity index is 1.40. The lowest BCUT2D eigenvalue weighted by Gasteiger charge is -2.37. The molecule has 1 aliphatic heterocycles. The number of anilines is 2. The van der Waals surface area contributed by atoms with E-state index in [-0.39, 0.29) is 11.8 Å². The van der Waals surface area contributed by atoms with Crippen molar-refractivity contribution in [2.75, 3.05) is 30.4 Å². The van der Waals surface area contributed by atoms with Crippen LogP contribution in [0, 0.1) is 19.8 Å². The van der Waals surface area contributed by atoms with E-state index in [1.54, 1.807) is 18.4 Å². The maximum Gasteiger partial charge on any atom is 0.231 e. The molecule has 0 aliphatic carbocycles. The summed E-state index contributed by atoms with van der Waals surface area (Å²) in [6.45, 7) is 5.53. The Hall–Kier alpha value is -2.60. The van der Waals surface area contributed by atoms with Gasteiger partial charge in [0.05, 0.1) is 23.2 Å². The average molecular weight is 367 g/mol. The van der Waals surface area contributed by atoms with E-state index >= 15 is 0 Å². The normalized spacial score (nSPS) is 14.3. The number of fused-ring (bicyclic) bond motifs is 1. The number of thiazole rings is 1. The van der Waals surface area contributed by atoms with Crippen LogP contribution >= 0.6 is 11.3 Å². The average Bonchev–Trinajstić information content (AvgIpc) is 2.99. The summed E-state index contributed by atoms with van der Waals surface area (Å²) in [5.41, 5.74) is 4.21. The second-order valence-corrected chi connectivity index (χ2v) is 7.73. The van der Waals surface area contributed by atoms with Gasteiger partial charge in [0.2, 0.25) is 5.91 Å². The van der Waals surface area contributed by atoms with Gasteiger partial charge in [0, 0.05) is 24.8 Å². The molecule has 4 rings (SSSR count). The van der Waals surface area contributed by atoms with Crippen LogP contribution in [0.25, 0.3) is 10.2 Å². The van der Waals surface area contributed by atoms with Gasteiger partial charge >= 0.3 is 0 Å². The van der Waals surface area contributed by atoms with Gasteiger partial charge in [0.25, 0.3) is 0 Å². The van der Waals surface area contributed by atoms with Gasteiger partial charge in [-0.25, -0.2) is 4.98 Å². The van der Waals surface area contributed by atoms with Gasteiger partial charge in [-0.1, -0.05) is 17.4 Å². The number of aromatic nitrogens is 1. The fourth-order valence-electron chi connectivity index (χ4n) is 3.02. The molecular weight excluding hydrogens is 346 g/mol. The molecule has 134 valence electrons. The lowest BCUT2D eigenvalue weighted by molar-refractivity contribution is -0.120. The first-order chi connectivity index (χ1) is 12.5. The summed E-state index contributed by atoms with van der Waals surface area (Å²) in [7, 11) is 1.66. The van der Waals surface area contributed by atoms with Crippen LogP contribution in [0.15, 0.2) is 36.4 Å². The molecule has 1 N–H and O–H groups in total. The third-order valence-corrected chi connectivity index (χ3v) is 5.98. The fourth-order valence-corrected chi connectivity index (χ4v) is 3.99. The number of rotatable bonds is 4. The first-order valence-electron chi connectivity index (χ1n) is 8.61. The van der Waals surface area contributed by atoms with E-state index in [1.807, 2.05) is 36.4 Å². The van der Waals surface area contributed by atoms with Crippen molar-refractivity contribution < 1.29 is 9.53 Å². The van der Waals surface area contributed by atoms with Gasteiger partial charge in [-0.2, -0.15) is 0 Å². The van der Waals surface area contributed by atoms with Crippen LogP contribution in [-0.4, -0.2) is 31.1 Å². The van der Waals surface area contributed by atoms with E-state index in [0.717, 1.165) is 26.8 Å². The summed E-state index contributed by atoms with van der Waals surface area (Å²) in [5.74, 6) is 0.883. The smallest absolute Gasteiger partial charge is 0.231 e. The summed E-state index contributed by atoms with van der Waals surface area (Å²) < 4.78 is 6.38. The predicted octanol–water partition coefficient (Wildman–Crippen LogP) is 4.00. The first kappa shape index (κ1) is 16.8. The highest BCUT2D eigenvalue weighted by atomic mass is 32.1. The number of carbonyl (C=O) groups excluding carboxylic acids is 1. The number of carbonyl (C=O) groups is 1. The molecule has 0 atom stereocenters. The van der Waals surface area contributed by atoms with Crippen molar-refractivity contribution in [3.8, 4) is 5.75 Å². The number of benzene rings is 2. The van der Waals surface area contributed by atoms with Crippen molar-refractivity contribution in [3.05, 3.63) is 47.5 Å². The van der Waals surface area contributed by atoms with E-state index in [0.29, 0.717) is 13.1 Å². The maximum atomic E-state index is 12.5. The van der Waals surface area contributed by atoms with E-state index in [2.05, 4.69) is 29.0 Å². The molecule has 0 spiro atoms. The molecule has 1 aliphatic rings. The van der Waals surface area contributed by atoms with Gasteiger partial charge in [-0.05, 0) is 49.2 Å². The zero-order chi connectivity index (χ0) is 18.3. The number of amides is 1. The van der Waals surface area contributed by atoms with Crippen LogP contribution in [0.3, 0.4) is 0 Å². The molecule has 0 bridgehead atoms. The molecule has 1 aromatic heterocycles. The number of hydrogen-bond acceptors (Lipinski definition) is 5. The number of nitrogens with one attached hydrogen (secondary N) is 1. The minimum Gasteiger partial charge on any atom is -0.497 e. The highest BCUT2D eigenvalue weighted by molar-refractivity contribution is 7.22. The summed E-state index contributed by atoms with van der Waals surface area (Å²) in [4.78, 5) is 19.3. The second-order valence-electron chi connectivity index (χ2n) is 6.72. The molecular formula is C20H21N3O2S. The Labute approximate surface area is 156 Å². The maximum absolute atomic E-state index is 12.5. The van der Waals surface area contributed by atoms with Crippen molar-refractivity contribution >= 4 is 38.3 Å². The Morgan fingerprint density at radius 3 is 2.73 bits per heavy atom. The monoisotopic (exact) mass is 367 g/mol. The number of aryl methyl sites for hydroxylation is 2. The van der Waals surface area contributed by atoms with Gasteiger partial charge in [0.1, 0.15) is 5.75 Å². The Morgan fingerprint density at radius 2 is 2.00 bits per heavy atom. The van der Waals surface area contributed by atoms with Crippen LogP contribution in [0.2, 0.25) is 0 Å². The molecule has 5 nitrogen and oxygen atoms in total. The van der Waals surface area contributed by atoms with Crippen molar-refractivity contribution in [3.63, 3.8) is 0 Å². The molecule has 1 fully saturated rings. The molecule has 0 radical (unpaired) electrons. The van der Waals surface area contributed by atoms with Gasteiger partial charge in [0.15, 0.2) is 5.13 Å². The zero-order valence-corrected chi connectivity index (χ0v) is 15.9. The summed E-state index contributed by atoms with van der Waals surface area (Å²) in [6.07, 6.45) is 0. The van der Waals surface area contributed by atoms with E-state index in [1.165, 1.54) is 11.1 Å². The Kier molecular flexibility index (Phi) is 4.28. The number of ether oxygens (including phenoxy) is 1. The third kappa shape index (κ3) is 3.12. The lowest BCUT2D eigenvalue weighted by atomic mass is 10.00. The highest BCUT2D eigenvalue weighted by Gasteiger charge is 2.34. The molecule has 2 heterocycles. The zero-order valence-electron chi connectivity index (χ0n) is 15.1. The van der Waals surface area contributed by atoms with Crippen molar-refractivity contribution in [1.82, 2.24) is 4.98 Å². The molecule has 2 aromatic carbocycles. The largest absolute Gasteiger partial charge is 0.497 e. The first-order valence-corrected chi connectivity index (χ1v) is 9.43. The molecule has 26 heavy (non-hydrogen) atoms. The van der Waals surface area contributed by atoms with Gasteiger partial charge in [-0.3, -0.25) is 4.79 Å². The van der Waals surface area contributed by atoms with Crippen molar-refractivity contribution in [1.29, 1.82) is 0 Å². The third-order valence-electron chi connectivity index (χ3n) is 4.88. The minimum atomic E-state index is -0.00171. The van der Waals surface area contributed by atoms with Crippen LogP contribution in [0.5, 0.6) is 5.75 Å². The van der Waals surface area contributed by atoms with E-state index in [4.69, 9.17) is 4.74 Å². The van der Waals surface area contributed by atoms with Gasteiger partial charge < -0.3 is 15.0 Å². The molecule has 3 aromatic rings. The molecule has 1 amide bonds.